The Kier molecular flexibility index (Phi) is 15.2. The van der Waals surface area contributed by atoms with Crippen LogP contribution in [0, 0.1) is 10.2 Å². The summed E-state index contributed by atoms with van der Waals surface area (Å²) >= 11 is 5.40. The topological polar surface area (TPSA) is 254 Å². The molecule has 248 valence electrons. The van der Waals surface area contributed by atoms with Crippen molar-refractivity contribution in [2.24, 2.45) is 37.0 Å². The van der Waals surface area contributed by atoms with Crippen LogP contribution in [0.5, 0.6) is 0 Å². The largest absolute Gasteiger partial charge is 0.370 e. The van der Waals surface area contributed by atoms with E-state index >= 15 is 0 Å². The molecule has 0 aliphatic rings. The van der Waals surface area contributed by atoms with Gasteiger partial charge in [-0.2, -0.15) is 0 Å². The minimum absolute atomic E-state index is 0.0617. The number of carbonyl (C=O) groups is 4. The summed E-state index contributed by atoms with van der Waals surface area (Å²) in [5.74, 6) is -2.66. The van der Waals surface area contributed by atoms with Crippen LogP contribution in [0.1, 0.15) is 43.4 Å². The molecule has 1 aromatic heterocycles. The molecule has 4 atom stereocenters. The first-order chi connectivity index (χ1) is 21.3. The van der Waals surface area contributed by atoms with Gasteiger partial charge in [-0.3, -0.25) is 24.6 Å². The normalized spacial score (nSPS) is 13.6. The van der Waals surface area contributed by atoms with Crippen LogP contribution in [0.4, 0.5) is 0 Å². The summed E-state index contributed by atoms with van der Waals surface area (Å²) < 4.78 is 3.96. The number of rotatable bonds is 19. The summed E-state index contributed by atoms with van der Waals surface area (Å²) in [6.07, 6.45) is 4.11. The Morgan fingerprint density at radius 3 is 2.07 bits per heavy atom. The molecular weight excluding hydrogens is 598 g/mol. The third-order valence-electron chi connectivity index (χ3n) is 7.28. The number of nitrogens with two attached hydrogens (primary N) is 4. The number of imidazole rings is 1. The molecule has 0 spiro atoms. The van der Waals surface area contributed by atoms with Gasteiger partial charge in [0.05, 0.1) is 6.04 Å². The molecule has 0 aliphatic carbocycles. The van der Waals surface area contributed by atoms with Crippen molar-refractivity contribution in [3.05, 3.63) is 52.6 Å². The monoisotopic (exact) mass is 645 g/mol. The summed E-state index contributed by atoms with van der Waals surface area (Å²) in [6, 6.07) is 5.01. The Morgan fingerprint density at radius 1 is 0.867 bits per heavy atom. The van der Waals surface area contributed by atoms with Crippen LogP contribution < -0.4 is 44.2 Å². The Hall–Kier alpha value is -4.28. The van der Waals surface area contributed by atoms with E-state index < -0.39 is 47.8 Å². The summed E-state index contributed by atoms with van der Waals surface area (Å²) in [5, 5.41) is 18.1. The van der Waals surface area contributed by atoms with E-state index in [-0.39, 0.29) is 31.6 Å². The van der Waals surface area contributed by atoms with Gasteiger partial charge in [-0.15, -0.1) is 0 Å². The molecule has 16 heteroatoms. The maximum absolute atomic E-state index is 13.7. The molecule has 13 N–H and O–H groups in total. The minimum atomic E-state index is -1.11. The minimum Gasteiger partial charge on any atom is -0.370 e. The fourth-order valence-electron chi connectivity index (χ4n) is 4.67. The summed E-state index contributed by atoms with van der Waals surface area (Å²) in [4.78, 5) is 52.5. The van der Waals surface area contributed by atoms with Gasteiger partial charge in [0.15, 0.2) is 10.7 Å². The first kappa shape index (κ1) is 36.9. The lowest BCUT2D eigenvalue weighted by molar-refractivity contribution is -0.133. The Labute approximate surface area is 268 Å². The smallest absolute Gasteiger partial charge is 0.243 e. The number of nitrogens with one attached hydrogen (secondary N) is 5. The molecule has 0 fully saturated rings. The van der Waals surface area contributed by atoms with Gasteiger partial charge in [0.25, 0.3) is 0 Å². The van der Waals surface area contributed by atoms with Crippen molar-refractivity contribution in [1.29, 1.82) is 5.41 Å². The van der Waals surface area contributed by atoms with E-state index in [1.165, 1.54) is 0 Å². The highest BCUT2D eigenvalue weighted by Gasteiger charge is 2.30. The standard InChI is InChI=1S/C29H47N11O4S/c1-39-17-19(40(2)29(39)45)16-23(38-25(42)20(31)11-8-14-35-28(33)34)27(44)36-21(12-6-7-13-30)26(43)37-22(24(32)41)15-18-9-4-3-5-10-18/h3-5,9-10,17,20-23H,6-8,11-16,30-31H2,1-2H3,(H2,32,41)(H,36,44)(H,37,43)(H,38,42)(H4,33,34,35). The van der Waals surface area contributed by atoms with Gasteiger partial charge in [-0.05, 0) is 56.4 Å². The van der Waals surface area contributed by atoms with Crippen LogP contribution in [-0.4, -0.2) is 76.0 Å². The van der Waals surface area contributed by atoms with Crippen molar-refractivity contribution in [2.45, 2.75) is 69.1 Å². The quantitative estimate of drug-likeness (QED) is 0.0374. The van der Waals surface area contributed by atoms with Crippen LogP contribution in [0.2, 0.25) is 0 Å². The van der Waals surface area contributed by atoms with Gasteiger partial charge in [-0.1, -0.05) is 30.3 Å². The molecule has 45 heavy (non-hydrogen) atoms. The van der Waals surface area contributed by atoms with Crippen molar-refractivity contribution in [2.75, 3.05) is 13.1 Å². The van der Waals surface area contributed by atoms with Crippen LogP contribution in [0.15, 0.2) is 36.5 Å². The molecule has 1 aromatic carbocycles. The van der Waals surface area contributed by atoms with Crippen LogP contribution >= 0.6 is 12.2 Å². The fourth-order valence-corrected chi connectivity index (χ4v) is 4.84. The van der Waals surface area contributed by atoms with Crippen LogP contribution in [0.25, 0.3) is 0 Å². The SMILES string of the molecule is Cn1cc(CC(NC(=O)C(N)CCCNC(=N)N)C(=O)NC(CCCCN)C(=O)NC(Cc2ccccc2)C(N)=O)n(C)c1=S. The maximum Gasteiger partial charge on any atom is 0.243 e. The molecule has 0 saturated carbocycles. The highest BCUT2D eigenvalue weighted by Crippen LogP contribution is 2.10. The maximum atomic E-state index is 13.7. The predicted octanol–water partition coefficient (Wildman–Crippen LogP) is -1.46. The number of aromatic nitrogens is 2. The summed E-state index contributed by atoms with van der Waals surface area (Å²) in [5.41, 5.74) is 24.1. The second-order valence-electron chi connectivity index (χ2n) is 10.9. The Bertz CT molecular complexity index is 1360. The van der Waals surface area contributed by atoms with Gasteiger partial charge in [0, 0.05) is 45.4 Å². The van der Waals surface area contributed by atoms with E-state index in [2.05, 4.69) is 21.3 Å². The van der Waals surface area contributed by atoms with E-state index in [1.54, 1.807) is 29.4 Å². The molecule has 4 unspecified atom stereocenters. The number of nitrogens with zero attached hydrogens (tertiary/aromatic N) is 2. The van der Waals surface area contributed by atoms with Crippen molar-refractivity contribution in [3.8, 4) is 0 Å². The number of aryl methyl sites for hydroxylation is 1. The highest BCUT2D eigenvalue weighted by molar-refractivity contribution is 7.71. The van der Waals surface area contributed by atoms with E-state index in [9.17, 15) is 19.2 Å². The third-order valence-corrected chi connectivity index (χ3v) is 7.84. The first-order valence-electron chi connectivity index (χ1n) is 14.8. The lowest BCUT2D eigenvalue weighted by Gasteiger charge is -2.25. The zero-order chi connectivity index (χ0) is 33.5. The number of unbranched alkanes of at least 4 members (excludes halogenated alkanes) is 1. The molecule has 0 saturated heterocycles. The molecule has 0 bridgehead atoms. The van der Waals surface area contributed by atoms with Gasteiger partial charge in [0.1, 0.15) is 18.1 Å². The first-order valence-corrected chi connectivity index (χ1v) is 15.2. The second kappa shape index (κ2) is 18.5. The van der Waals surface area contributed by atoms with Crippen LogP contribution in [0.3, 0.4) is 0 Å². The van der Waals surface area contributed by atoms with Crippen LogP contribution in [-0.2, 0) is 46.1 Å². The summed E-state index contributed by atoms with van der Waals surface area (Å²) in [7, 11) is 3.52. The highest BCUT2D eigenvalue weighted by atomic mass is 32.1. The molecular formula is C29H47N11O4S. The third kappa shape index (κ3) is 12.3. The lowest BCUT2D eigenvalue weighted by atomic mass is 10.0. The molecule has 0 radical (unpaired) electrons. The molecule has 0 aliphatic heterocycles. The zero-order valence-corrected chi connectivity index (χ0v) is 26.7. The predicted molar refractivity (Wildman–Crippen MR) is 174 cm³/mol. The molecule has 1 heterocycles. The van der Waals surface area contributed by atoms with Crippen molar-refractivity contribution in [3.63, 3.8) is 0 Å². The number of carbonyl (C=O) groups excluding carboxylic acids is 4. The van der Waals surface area contributed by atoms with Gasteiger partial charge in [-0.25, -0.2) is 0 Å². The van der Waals surface area contributed by atoms with Gasteiger partial charge >= 0.3 is 0 Å². The number of primary amides is 1. The zero-order valence-electron chi connectivity index (χ0n) is 25.9. The van der Waals surface area contributed by atoms with E-state index in [0.717, 1.165) is 5.56 Å². The number of benzene rings is 1. The summed E-state index contributed by atoms with van der Waals surface area (Å²) in [6.45, 7) is 0.754. The average Bonchev–Trinajstić information content (AvgIpc) is 3.24. The number of hydrogen-bond acceptors (Lipinski definition) is 8. The van der Waals surface area contributed by atoms with Crippen molar-refractivity contribution >= 4 is 41.8 Å². The fraction of sp³-hybridized carbons (Fsp3) is 0.517. The average molecular weight is 646 g/mol. The Morgan fingerprint density at radius 2 is 1.49 bits per heavy atom. The van der Waals surface area contributed by atoms with Gasteiger partial charge < -0.3 is 53.3 Å². The number of guanidine groups is 1. The van der Waals surface area contributed by atoms with Gasteiger partial charge in [0.2, 0.25) is 23.6 Å². The van der Waals surface area contributed by atoms with E-state index in [0.29, 0.717) is 42.8 Å². The lowest BCUT2D eigenvalue weighted by Crippen LogP contribution is -2.58. The molecule has 15 nitrogen and oxygen atoms in total. The number of hydrogen-bond donors (Lipinski definition) is 9. The van der Waals surface area contributed by atoms with Crippen molar-refractivity contribution in [1.82, 2.24) is 30.4 Å². The second-order valence-corrected chi connectivity index (χ2v) is 11.3. The number of amides is 4. The van der Waals surface area contributed by atoms with E-state index in [1.807, 2.05) is 30.3 Å². The molecule has 2 rings (SSSR count). The van der Waals surface area contributed by atoms with Crippen molar-refractivity contribution < 1.29 is 19.2 Å². The Balaban J connectivity index is 2.25. The molecule has 2 aromatic rings. The molecule has 4 amide bonds. The van der Waals surface area contributed by atoms with E-state index in [4.69, 9.17) is 40.6 Å².